The third-order valence-corrected chi connectivity index (χ3v) is 3.02. The summed E-state index contributed by atoms with van der Waals surface area (Å²) < 4.78 is 0. The van der Waals surface area contributed by atoms with Crippen LogP contribution in [0.5, 0.6) is 0 Å². The molecule has 0 spiro atoms. The Labute approximate surface area is 101 Å². The van der Waals surface area contributed by atoms with Gasteiger partial charge < -0.3 is 16.0 Å². The molecular weight excluding hydrogens is 222 g/mol. The van der Waals surface area contributed by atoms with Gasteiger partial charge in [0.2, 0.25) is 11.8 Å². The van der Waals surface area contributed by atoms with Crippen LogP contribution in [-0.2, 0) is 14.4 Å². The number of nitrogens with one attached hydrogen (secondary N) is 1. The van der Waals surface area contributed by atoms with E-state index < -0.39 is 12.1 Å². The maximum absolute atomic E-state index is 11.9. The molecule has 0 aliphatic carbocycles. The minimum Gasteiger partial charge on any atom is -0.345 e. The summed E-state index contributed by atoms with van der Waals surface area (Å²) in [6.07, 6.45) is 1.42. The minimum atomic E-state index is -0.516. The highest BCUT2D eigenvalue weighted by Gasteiger charge is 2.34. The zero-order valence-electron chi connectivity index (χ0n) is 10.2. The van der Waals surface area contributed by atoms with E-state index in [1.54, 1.807) is 6.92 Å². The van der Waals surface area contributed by atoms with E-state index in [9.17, 15) is 14.4 Å². The van der Waals surface area contributed by atoms with Gasteiger partial charge in [-0.1, -0.05) is 0 Å². The van der Waals surface area contributed by atoms with Crippen LogP contribution in [-0.4, -0.2) is 47.7 Å². The van der Waals surface area contributed by atoms with Crippen LogP contribution >= 0.6 is 0 Å². The van der Waals surface area contributed by atoms with Crippen molar-refractivity contribution in [1.82, 2.24) is 10.2 Å². The van der Waals surface area contributed by atoms with E-state index >= 15 is 0 Å². The first-order valence-corrected chi connectivity index (χ1v) is 5.77. The number of likely N-dealkylation sites (tertiary alicyclic amines) is 1. The van der Waals surface area contributed by atoms with Crippen LogP contribution in [0, 0.1) is 0 Å². The summed E-state index contributed by atoms with van der Waals surface area (Å²) in [4.78, 5) is 35.9. The van der Waals surface area contributed by atoms with E-state index in [-0.39, 0.29) is 24.1 Å². The van der Waals surface area contributed by atoms with Gasteiger partial charge in [-0.15, -0.1) is 0 Å². The lowest BCUT2D eigenvalue weighted by Crippen LogP contribution is -2.50. The summed E-state index contributed by atoms with van der Waals surface area (Å²) in [5.41, 5.74) is 5.29. The molecule has 1 heterocycles. The Bertz CT molecular complexity index is 330. The Morgan fingerprint density at radius 3 is 2.65 bits per heavy atom. The van der Waals surface area contributed by atoms with Gasteiger partial charge in [0.25, 0.3) is 0 Å². The Balaban J connectivity index is 2.62. The van der Waals surface area contributed by atoms with Crippen molar-refractivity contribution in [2.45, 2.75) is 38.8 Å². The average Bonchev–Trinajstić information content (AvgIpc) is 2.76. The van der Waals surface area contributed by atoms with Gasteiger partial charge in [-0.3, -0.25) is 14.4 Å². The first-order chi connectivity index (χ1) is 7.97. The number of carbonyl (C=O) groups excluding carboxylic acids is 3. The predicted molar refractivity (Wildman–Crippen MR) is 62.1 cm³/mol. The van der Waals surface area contributed by atoms with Crippen LogP contribution < -0.4 is 11.1 Å². The highest BCUT2D eigenvalue weighted by molar-refractivity contribution is 5.92. The summed E-state index contributed by atoms with van der Waals surface area (Å²) in [5, 5.41) is 2.61. The summed E-state index contributed by atoms with van der Waals surface area (Å²) in [6.45, 7) is 3.52. The molecule has 0 aromatic heterocycles. The molecule has 0 aromatic rings. The molecule has 3 N–H and O–H groups in total. The standard InChI is InChI=1S/C11H19N3O3/c1-7(8(2)15)13-11(17)9-4-3-5-14(9)10(16)6-12/h7,9H,3-6,12H2,1-2H3,(H,13,17)/t7-,9?/m0/s1. The van der Waals surface area contributed by atoms with Gasteiger partial charge in [-0.05, 0) is 26.7 Å². The number of hydrogen-bond acceptors (Lipinski definition) is 4. The van der Waals surface area contributed by atoms with Crippen molar-refractivity contribution in [2.75, 3.05) is 13.1 Å². The first-order valence-electron chi connectivity index (χ1n) is 5.77. The van der Waals surface area contributed by atoms with Crippen LogP contribution in [0.2, 0.25) is 0 Å². The number of nitrogens with zero attached hydrogens (tertiary/aromatic N) is 1. The van der Waals surface area contributed by atoms with Gasteiger partial charge in [-0.25, -0.2) is 0 Å². The van der Waals surface area contributed by atoms with Crippen LogP contribution in [0.3, 0.4) is 0 Å². The van der Waals surface area contributed by atoms with E-state index in [4.69, 9.17) is 5.73 Å². The van der Waals surface area contributed by atoms with Crippen molar-refractivity contribution in [3.8, 4) is 0 Å². The van der Waals surface area contributed by atoms with Crippen molar-refractivity contribution in [3.63, 3.8) is 0 Å². The van der Waals surface area contributed by atoms with Crippen molar-refractivity contribution in [2.24, 2.45) is 5.73 Å². The van der Waals surface area contributed by atoms with E-state index in [0.717, 1.165) is 6.42 Å². The second-order valence-corrected chi connectivity index (χ2v) is 4.29. The number of hydrogen-bond donors (Lipinski definition) is 2. The second-order valence-electron chi connectivity index (χ2n) is 4.29. The molecule has 1 fully saturated rings. The summed E-state index contributed by atoms with van der Waals surface area (Å²) >= 11 is 0. The molecule has 17 heavy (non-hydrogen) atoms. The topological polar surface area (TPSA) is 92.5 Å². The van der Waals surface area contributed by atoms with Crippen molar-refractivity contribution in [3.05, 3.63) is 0 Å². The summed E-state index contributed by atoms with van der Waals surface area (Å²) in [7, 11) is 0. The van der Waals surface area contributed by atoms with E-state index in [1.165, 1.54) is 11.8 Å². The van der Waals surface area contributed by atoms with Gasteiger partial charge in [0, 0.05) is 6.54 Å². The number of carbonyl (C=O) groups is 3. The SMILES string of the molecule is CC(=O)[C@H](C)NC(=O)C1CCCN1C(=O)CN. The molecule has 0 saturated carbocycles. The minimum absolute atomic E-state index is 0.0912. The van der Waals surface area contributed by atoms with Gasteiger partial charge in [-0.2, -0.15) is 0 Å². The first kappa shape index (κ1) is 13.6. The summed E-state index contributed by atoms with van der Waals surface area (Å²) in [6, 6.07) is -0.995. The van der Waals surface area contributed by atoms with Crippen molar-refractivity contribution >= 4 is 17.6 Å². The molecule has 1 aliphatic heterocycles. The Kier molecular flexibility index (Phi) is 4.62. The molecule has 0 bridgehead atoms. The molecule has 1 unspecified atom stereocenters. The monoisotopic (exact) mass is 241 g/mol. The molecule has 1 aliphatic rings. The van der Waals surface area contributed by atoms with Crippen molar-refractivity contribution < 1.29 is 14.4 Å². The molecule has 1 saturated heterocycles. The maximum Gasteiger partial charge on any atom is 0.243 e. The fourth-order valence-corrected chi connectivity index (χ4v) is 1.87. The number of nitrogens with two attached hydrogens (primary N) is 1. The molecular formula is C11H19N3O3. The van der Waals surface area contributed by atoms with E-state index in [0.29, 0.717) is 13.0 Å². The van der Waals surface area contributed by atoms with Gasteiger partial charge in [0.05, 0.1) is 12.6 Å². The normalized spacial score (nSPS) is 21.1. The third-order valence-electron chi connectivity index (χ3n) is 3.02. The Morgan fingerprint density at radius 1 is 1.47 bits per heavy atom. The lowest BCUT2D eigenvalue weighted by atomic mass is 10.1. The average molecular weight is 241 g/mol. The zero-order valence-corrected chi connectivity index (χ0v) is 10.2. The van der Waals surface area contributed by atoms with E-state index in [1.807, 2.05) is 0 Å². The van der Waals surface area contributed by atoms with Crippen LogP contribution in [0.4, 0.5) is 0 Å². The third kappa shape index (κ3) is 3.26. The summed E-state index contributed by atoms with van der Waals surface area (Å²) in [5.74, 6) is -0.599. The molecule has 6 nitrogen and oxygen atoms in total. The smallest absolute Gasteiger partial charge is 0.243 e. The van der Waals surface area contributed by atoms with E-state index in [2.05, 4.69) is 5.32 Å². The lowest BCUT2D eigenvalue weighted by molar-refractivity contribution is -0.138. The Hall–Kier alpha value is -1.43. The lowest BCUT2D eigenvalue weighted by Gasteiger charge is -2.24. The van der Waals surface area contributed by atoms with Gasteiger partial charge in [0.15, 0.2) is 5.78 Å². The number of rotatable bonds is 4. The van der Waals surface area contributed by atoms with Crippen LogP contribution in [0.15, 0.2) is 0 Å². The zero-order chi connectivity index (χ0) is 13.0. The molecule has 1 rings (SSSR count). The fraction of sp³-hybridized carbons (Fsp3) is 0.727. The Morgan fingerprint density at radius 2 is 2.12 bits per heavy atom. The highest BCUT2D eigenvalue weighted by atomic mass is 16.2. The number of ketones is 1. The second kappa shape index (κ2) is 5.77. The van der Waals surface area contributed by atoms with Crippen molar-refractivity contribution in [1.29, 1.82) is 0 Å². The maximum atomic E-state index is 11.9. The molecule has 0 radical (unpaired) electrons. The largest absolute Gasteiger partial charge is 0.345 e. The van der Waals surface area contributed by atoms with Crippen LogP contribution in [0.1, 0.15) is 26.7 Å². The molecule has 0 aromatic carbocycles. The fourth-order valence-electron chi connectivity index (χ4n) is 1.87. The number of Topliss-reactive ketones (excluding diaryl/α,β-unsaturated/α-hetero) is 1. The predicted octanol–water partition coefficient (Wildman–Crippen LogP) is -0.970. The number of amides is 2. The molecule has 2 amide bonds. The molecule has 2 atom stereocenters. The van der Waals surface area contributed by atoms with Gasteiger partial charge in [0.1, 0.15) is 6.04 Å². The van der Waals surface area contributed by atoms with Gasteiger partial charge >= 0.3 is 0 Å². The van der Waals surface area contributed by atoms with Crippen LogP contribution in [0.25, 0.3) is 0 Å². The quantitative estimate of drug-likeness (QED) is 0.662. The molecule has 6 heteroatoms. The highest BCUT2D eigenvalue weighted by Crippen LogP contribution is 2.17. The molecule has 96 valence electrons.